The highest BCUT2D eigenvalue weighted by molar-refractivity contribution is 5.76. The fourth-order valence-corrected chi connectivity index (χ4v) is 3.37. The summed E-state index contributed by atoms with van der Waals surface area (Å²) in [6.07, 6.45) is 7.05. The Morgan fingerprint density at radius 3 is 2.25 bits per heavy atom. The summed E-state index contributed by atoms with van der Waals surface area (Å²) in [5.41, 5.74) is 0.440. The minimum Gasteiger partial charge on any atom is -0.479 e. The summed E-state index contributed by atoms with van der Waals surface area (Å²) in [6, 6.07) is -0.268. The summed E-state index contributed by atoms with van der Waals surface area (Å²) < 4.78 is 0. The second kappa shape index (κ2) is 6.43. The lowest BCUT2D eigenvalue weighted by Crippen LogP contribution is -2.49. The highest BCUT2D eigenvalue weighted by Crippen LogP contribution is 2.44. The monoisotopic (exact) mass is 284 g/mol. The van der Waals surface area contributed by atoms with E-state index in [1.54, 1.807) is 4.90 Å². The Morgan fingerprint density at radius 2 is 1.70 bits per heavy atom. The SMILES string of the molecule is O=C(O)[C@@H](O)CNC(=O)N1CCC2(CCCCC2)CC1. The first kappa shape index (κ1) is 15.1. The van der Waals surface area contributed by atoms with Gasteiger partial charge in [-0.15, -0.1) is 0 Å². The van der Waals surface area contributed by atoms with Crippen molar-refractivity contribution in [3.05, 3.63) is 0 Å². The molecule has 1 aliphatic carbocycles. The highest BCUT2D eigenvalue weighted by atomic mass is 16.4. The number of piperidine rings is 1. The van der Waals surface area contributed by atoms with Gasteiger partial charge in [-0.05, 0) is 31.1 Å². The van der Waals surface area contributed by atoms with Crippen molar-refractivity contribution in [1.82, 2.24) is 10.2 Å². The highest BCUT2D eigenvalue weighted by Gasteiger charge is 2.36. The Balaban J connectivity index is 1.75. The van der Waals surface area contributed by atoms with Crippen LogP contribution in [0.15, 0.2) is 0 Å². The molecule has 2 rings (SSSR count). The van der Waals surface area contributed by atoms with Crippen molar-refractivity contribution in [2.45, 2.75) is 51.0 Å². The fourth-order valence-electron chi connectivity index (χ4n) is 3.37. The van der Waals surface area contributed by atoms with Crippen LogP contribution < -0.4 is 5.32 Å². The van der Waals surface area contributed by atoms with E-state index in [2.05, 4.69) is 5.32 Å². The molecule has 1 atom stereocenters. The largest absolute Gasteiger partial charge is 0.479 e. The van der Waals surface area contributed by atoms with Crippen LogP contribution in [0, 0.1) is 5.41 Å². The zero-order valence-corrected chi connectivity index (χ0v) is 11.8. The summed E-state index contributed by atoms with van der Waals surface area (Å²) in [5, 5.41) is 20.2. The number of hydrogen-bond acceptors (Lipinski definition) is 3. The smallest absolute Gasteiger partial charge is 0.334 e. The number of carboxylic acid groups (broad SMARTS) is 1. The number of carbonyl (C=O) groups excluding carboxylic acids is 1. The third kappa shape index (κ3) is 3.62. The number of rotatable bonds is 3. The van der Waals surface area contributed by atoms with Gasteiger partial charge in [0, 0.05) is 13.1 Å². The molecule has 2 amide bonds. The molecule has 1 saturated heterocycles. The van der Waals surface area contributed by atoms with Gasteiger partial charge in [0.1, 0.15) is 0 Å². The van der Waals surface area contributed by atoms with Crippen molar-refractivity contribution < 1.29 is 19.8 Å². The van der Waals surface area contributed by atoms with Crippen molar-refractivity contribution in [2.24, 2.45) is 5.41 Å². The topological polar surface area (TPSA) is 89.9 Å². The number of aliphatic hydroxyl groups excluding tert-OH is 1. The summed E-state index contributed by atoms with van der Waals surface area (Å²) in [6.45, 7) is 1.22. The molecule has 0 unspecified atom stereocenters. The molecule has 1 heterocycles. The maximum Gasteiger partial charge on any atom is 0.334 e. The van der Waals surface area contributed by atoms with Crippen molar-refractivity contribution >= 4 is 12.0 Å². The molecule has 114 valence electrons. The van der Waals surface area contributed by atoms with E-state index < -0.39 is 12.1 Å². The Bertz CT molecular complexity index is 356. The van der Waals surface area contributed by atoms with E-state index in [4.69, 9.17) is 10.2 Å². The van der Waals surface area contributed by atoms with E-state index in [0.717, 1.165) is 25.9 Å². The minimum absolute atomic E-state index is 0.240. The third-order valence-corrected chi connectivity index (χ3v) is 4.76. The molecule has 1 spiro atoms. The molecule has 0 radical (unpaired) electrons. The van der Waals surface area contributed by atoms with Gasteiger partial charge in [0.25, 0.3) is 0 Å². The molecule has 3 N–H and O–H groups in total. The first-order valence-corrected chi connectivity index (χ1v) is 7.46. The minimum atomic E-state index is -1.53. The Hall–Kier alpha value is -1.30. The van der Waals surface area contributed by atoms with Crippen molar-refractivity contribution in [3.8, 4) is 0 Å². The van der Waals surface area contributed by atoms with Gasteiger partial charge in [-0.1, -0.05) is 19.3 Å². The lowest BCUT2D eigenvalue weighted by atomic mass is 9.68. The number of carbonyl (C=O) groups is 2. The van der Waals surface area contributed by atoms with Crippen LogP contribution >= 0.6 is 0 Å². The Labute approximate surface area is 119 Å². The Morgan fingerprint density at radius 1 is 1.10 bits per heavy atom. The van der Waals surface area contributed by atoms with Gasteiger partial charge >= 0.3 is 12.0 Å². The zero-order valence-electron chi connectivity index (χ0n) is 11.8. The van der Waals surface area contributed by atoms with Gasteiger partial charge in [-0.25, -0.2) is 9.59 Å². The fraction of sp³-hybridized carbons (Fsp3) is 0.857. The van der Waals surface area contributed by atoms with Gasteiger partial charge in [0.15, 0.2) is 6.10 Å². The van der Waals surface area contributed by atoms with Crippen molar-refractivity contribution in [3.63, 3.8) is 0 Å². The maximum absolute atomic E-state index is 11.9. The molecule has 0 aromatic heterocycles. The van der Waals surface area contributed by atoms with E-state index in [0.29, 0.717) is 5.41 Å². The van der Waals surface area contributed by atoms with E-state index in [-0.39, 0.29) is 12.6 Å². The molecule has 1 saturated carbocycles. The van der Waals surface area contributed by atoms with E-state index in [1.165, 1.54) is 32.1 Å². The predicted molar refractivity (Wildman–Crippen MR) is 73.4 cm³/mol. The van der Waals surface area contributed by atoms with Crippen LogP contribution in [0.1, 0.15) is 44.9 Å². The number of carboxylic acids is 1. The molecule has 6 heteroatoms. The molecular formula is C14H24N2O4. The lowest BCUT2D eigenvalue weighted by Gasteiger charge is -2.44. The number of amides is 2. The zero-order chi connectivity index (χ0) is 14.6. The average molecular weight is 284 g/mol. The van der Waals surface area contributed by atoms with Crippen LogP contribution in [0.2, 0.25) is 0 Å². The van der Waals surface area contributed by atoms with Gasteiger partial charge < -0.3 is 20.4 Å². The quantitative estimate of drug-likeness (QED) is 0.726. The maximum atomic E-state index is 11.9. The number of hydrogen-bond donors (Lipinski definition) is 3. The van der Waals surface area contributed by atoms with Crippen LogP contribution in [0.25, 0.3) is 0 Å². The molecule has 20 heavy (non-hydrogen) atoms. The summed E-state index contributed by atoms with van der Waals surface area (Å²) in [5.74, 6) is -1.31. The summed E-state index contributed by atoms with van der Waals surface area (Å²) >= 11 is 0. The second-order valence-corrected chi connectivity index (χ2v) is 6.09. The normalized spacial score (nSPS) is 23.4. The van der Waals surface area contributed by atoms with E-state index in [1.807, 2.05) is 0 Å². The lowest BCUT2D eigenvalue weighted by molar-refractivity contribution is -0.146. The third-order valence-electron chi connectivity index (χ3n) is 4.76. The number of urea groups is 1. The number of nitrogens with zero attached hydrogens (tertiary/aromatic N) is 1. The summed E-state index contributed by atoms with van der Waals surface area (Å²) in [7, 11) is 0. The molecule has 0 bridgehead atoms. The number of nitrogens with one attached hydrogen (secondary N) is 1. The number of likely N-dealkylation sites (tertiary alicyclic amines) is 1. The first-order chi connectivity index (χ1) is 9.52. The standard InChI is InChI=1S/C14H24N2O4/c17-11(12(18)19)10-15-13(20)16-8-6-14(7-9-16)4-2-1-3-5-14/h11,17H,1-10H2,(H,15,20)(H,18,19)/t11-/m0/s1. The van der Waals surface area contributed by atoms with Crippen LogP contribution in [0.3, 0.4) is 0 Å². The second-order valence-electron chi connectivity index (χ2n) is 6.09. The van der Waals surface area contributed by atoms with E-state index >= 15 is 0 Å². The molecule has 0 aromatic rings. The average Bonchev–Trinajstić information content (AvgIpc) is 2.46. The number of aliphatic carboxylic acids is 1. The van der Waals surface area contributed by atoms with Gasteiger partial charge in [0.2, 0.25) is 0 Å². The van der Waals surface area contributed by atoms with Gasteiger partial charge in [0.05, 0.1) is 6.54 Å². The van der Waals surface area contributed by atoms with Crippen molar-refractivity contribution in [1.29, 1.82) is 0 Å². The van der Waals surface area contributed by atoms with Crippen LogP contribution in [0.5, 0.6) is 0 Å². The first-order valence-electron chi connectivity index (χ1n) is 7.46. The molecule has 2 fully saturated rings. The van der Waals surface area contributed by atoms with Gasteiger partial charge in [-0.2, -0.15) is 0 Å². The molecule has 0 aromatic carbocycles. The summed E-state index contributed by atoms with van der Waals surface area (Å²) in [4.78, 5) is 24.1. The molecule has 1 aliphatic heterocycles. The predicted octanol–water partition coefficient (Wildman–Crippen LogP) is 1.19. The van der Waals surface area contributed by atoms with Crippen molar-refractivity contribution in [2.75, 3.05) is 19.6 Å². The molecule has 2 aliphatic rings. The van der Waals surface area contributed by atoms with Gasteiger partial charge in [-0.3, -0.25) is 0 Å². The number of aliphatic hydroxyl groups is 1. The van der Waals surface area contributed by atoms with E-state index in [9.17, 15) is 9.59 Å². The molecule has 6 nitrogen and oxygen atoms in total. The van der Waals surface area contributed by atoms with Crippen LogP contribution in [0.4, 0.5) is 4.79 Å². The Kier molecular flexibility index (Phi) is 4.86. The molecular weight excluding hydrogens is 260 g/mol. The van der Waals surface area contributed by atoms with Crippen LogP contribution in [-0.4, -0.2) is 52.9 Å². The van der Waals surface area contributed by atoms with Crippen LogP contribution in [-0.2, 0) is 4.79 Å².